The molecule has 0 atom stereocenters. The van der Waals surface area contributed by atoms with Crippen molar-refractivity contribution in [1.82, 2.24) is 9.78 Å². The zero-order valence-corrected chi connectivity index (χ0v) is 12.2. The molecule has 0 spiro atoms. The van der Waals surface area contributed by atoms with E-state index in [0.29, 0.717) is 16.9 Å². The summed E-state index contributed by atoms with van der Waals surface area (Å²) in [5.74, 6) is -0.304. The molecule has 0 aliphatic carbocycles. The van der Waals surface area contributed by atoms with Crippen LogP contribution in [0, 0.1) is 6.92 Å². The third-order valence-electron chi connectivity index (χ3n) is 2.81. The van der Waals surface area contributed by atoms with Gasteiger partial charge < -0.3 is 5.32 Å². The molecular weight excluding hydrogens is 278 g/mol. The third-order valence-corrected chi connectivity index (χ3v) is 3.93. The van der Waals surface area contributed by atoms with Gasteiger partial charge in [0.15, 0.2) is 9.84 Å². The van der Waals surface area contributed by atoms with Crippen LogP contribution in [0.4, 0.5) is 5.69 Å². The Labute approximate surface area is 117 Å². The van der Waals surface area contributed by atoms with Crippen molar-refractivity contribution in [2.45, 2.75) is 11.8 Å². The Kier molecular flexibility index (Phi) is 3.63. The average molecular weight is 293 g/mol. The number of aromatic nitrogens is 2. The number of sulfone groups is 1. The molecule has 0 aliphatic heterocycles. The Bertz CT molecular complexity index is 746. The summed E-state index contributed by atoms with van der Waals surface area (Å²) >= 11 is 0. The summed E-state index contributed by atoms with van der Waals surface area (Å²) in [6.07, 6.45) is 2.83. The summed E-state index contributed by atoms with van der Waals surface area (Å²) in [5.41, 5.74) is 1.74. The fourth-order valence-corrected chi connectivity index (χ4v) is 2.40. The lowest BCUT2D eigenvalue weighted by Gasteiger charge is -2.04. The molecule has 20 heavy (non-hydrogen) atoms. The van der Waals surface area contributed by atoms with Gasteiger partial charge in [-0.2, -0.15) is 5.10 Å². The summed E-state index contributed by atoms with van der Waals surface area (Å²) in [7, 11) is -1.49. The van der Waals surface area contributed by atoms with Crippen LogP contribution in [0.1, 0.15) is 16.1 Å². The van der Waals surface area contributed by atoms with Crippen LogP contribution in [0.25, 0.3) is 0 Å². The second kappa shape index (κ2) is 5.09. The third kappa shape index (κ3) is 3.05. The Morgan fingerprint density at radius 1 is 1.25 bits per heavy atom. The lowest BCUT2D eigenvalue weighted by molar-refractivity contribution is 0.102. The highest BCUT2D eigenvalue weighted by atomic mass is 32.2. The molecule has 1 aromatic heterocycles. The molecule has 1 amide bonds. The minimum atomic E-state index is -3.25. The number of aryl methyl sites for hydroxylation is 2. The van der Waals surface area contributed by atoms with E-state index in [0.717, 1.165) is 6.26 Å². The first-order chi connectivity index (χ1) is 9.27. The predicted octanol–water partition coefficient (Wildman–Crippen LogP) is 1.38. The highest BCUT2D eigenvalue weighted by Gasteiger charge is 2.12. The van der Waals surface area contributed by atoms with Crippen molar-refractivity contribution >= 4 is 21.4 Å². The Morgan fingerprint density at radius 3 is 2.30 bits per heavy atom. The van der Waals surface area contributed by atoms with Crippen LogP contribution in [0.15, 0.2) is 35.4 Å². The van der Waals surface area contributed by atoms with E-state index in [4.69, 9.17) is 0 Å². The Balaban J connectivity index is 2.20. The molecule has 0 unspecified atom stereocenters. The molecule has 0 bridgehead atoms. The summed E-state index contributed by atoms with van der Waals surface area (Å²) in [5, 5.41) is 6.86. The van der Waals surface area contributed by atoms with E-state index in [1.54, 1.807) is 24.9 Å². The van der Waals surface area contributed by atoms with Crippen LogP contribution >= 0.6 is 0 Å². The maximum absolute atomic E-state index is 12.0. The van der Waals surface area contributed by atoms with Crippen molar-refractivity contribution in [3.63, 3.8) is 0 Å². The van der Waals surface area contributed by atoms with Gasteiger partial charge in [0.1, 0.15) is 0 Å². The molecule has 0 aliphatic rings. The second-order valence-electron chi connectivity index (χ2n) is 4.55. The predicted molar refractivity (Wildman–Crippen MR) is 75.5 cm³/mol. The number of hydrogen-bond donors (Lipinski definition) is 1. The highest BCUT2D eigenvalue weighted by molar-refractivity contribution is 7.90. The molecule has 2 rings (SSSR count). The fourth-order valence-electron chi connectivity index (χ4n) is 1.77. The van der Waals surface area contributed by atoms with Crippen LogP contribution in [-0.2, 0) is 16.9 Å². The molecule has 1 N–H and O–H groups in total. The van der Waals surface area contributed by atoms with E-state index in [9.17, 15) is 13.2 Å². The number of rotatable bonds is 3. The first-order valence-electron chi connectivity index (χ1n) is 5.89. The van der Waals surface area contributed by atoms with Crippen molar-refractivity contribution in [3.05, 3.63) is 41.7 Å². The number of carbonyl (C=O) groups is 1. The van der Waals surface area contributed by atoms with E-state index in [1.165, 1.54) is 24.3 Å². The van der Waals surface area contributed by atoms with Gasteiger partial charge in [-0.1, -0.05) is 0 Å². The minimum absolute atomic E-state index is 0.187. The van der Waals surface area contributed by atoms with Gasteiger partial charge in [-0.15, -0.1) is 0 Å². The van der Waals surface area contributed by atoms with Gasteiger partial charge in [-0.3, -0.25) is 9.48 Å². The normalized spacial score (nSPS) is 11.3. The molecule has 2 aromatic rings. The van der Waals surface area contributed by atoms with E-state index in [2.05, 4.69) is 10.4 Å². The van der Waals surface area contributed by atoms with Crippen LogP contribution in [-0.4, -0.2) is 30.4 Å². The summed E-state index contributed by atoms with van der Waals surface area (Å²) < 4.78 is 24.3. The van der Waals surface area contributed by atoms with Crippen LogP contribution in [0.2, 0.25) is 0 Å². The van der Waals surface area contributed by atoms with Gasteiger partial charge in [-0.05, 0) is 31.2 Å². The zero-order valence-electron chi connectivity index (χ0n) is 11.4. The van der Waals surface area contributed by atoms with E-state index in [1.807, 2.05) is 0 Å². The first kappa shape index (κ1) is 14.3. The summed E-state index contributed by atoms with van der Waals surface area (Å²) in [4.78, 5) is 12.2. The lowest BCUT2D eigenvalue weighted by atomic mass is 10.2. The van der Waals surface area contributed by atoms with Crippen molar-refractivity contribution in [2.75, 3.05) is 11.6 Å². The molecular formula is C13H15N3O3S. The number of hydrogen-bond acceptors (Lipinski definition) is 4. The van der Waals surface area contributed by atoms with Gasteiger partial charge in [-0.25, -0.2) is 8.42 Å². The van der Waals surface area contributed by atoms with Gasteiger partial charge in [0.05, 0.1) is 16.3 Å². The molecule has 7 heteroatoms. The largest absolute Gasteiger partial charge is 0.319 e. The minimum Gasteiger partial charge on any atom is -0.319 e. The van der Waals surface area contributed by atoms with Crippen molar-refractivity contribution in [1.29, 1.82) is 0 Å². The monoisotopic (exact) mass is 293 g/mol. The molecule has 0 fully saturated rings. The maximum Gasteiger partial charge on any atom is 0.255 e. The molecule has 1 heterocycles. The van der Waals surface area contributed by atoms with Gasteiger partial charge in [0.25, 0.3) is 5.91 Å². The second-order valence-corrected chi connectivity index (χ2v) is 6.57. The van der Waals surface area contributed by atoms with Crippen molar-refractivity contribution in [2.24, 2.45) is 7.05 Å². The molecule has 0 saturated carbocycles. The van der Waals surface area contributed by atoms with Crippen LogP contribution < -0.4 is 5.32 Å². The quantitative estimate of drug-likeness (QED) is 0.927. The number of carbonyl (C=O) groups excluding carboxylic acids is 1. The van der Waals surface area contributed by atoms with Gasteiger partial charge >= 0.3 is 0 Å². The number of nitrogens with one attached hydrogen (secondary N) is 1. The van der Waals surface area contributed by atoms with E-state index >= 15 is 0 Å². The van der Waals surface area contributed by atoms with E-state index in [-0.39, 0.29) is 10.8 Å². The fraction of sp³-hybridized carbons (Fsp3) is 0.231. The van der Waals surface area contributed by atoms with Crippen LogP contribution in [0.5, 0.6) is 0 Å². The number of nitrogens with zero attached hydrogens (tertiary/aromatic N) is 2. The summed E-state index contributed by atoms with van der Waals surface area (Å²) in [6, 6.07) is 5.80. The molecule has 6 nitrogen and oxygen atoms in total. The molecule has 106 valence electrons. The van der Waals surface area contributed by atoms with Crippen LogP contribution in [0.3, 0.4) is 0 Å². The van der Waals surface area contributed by atoms with Crippen molar-refractivity contribution in [3.8, 4) is 0 Å². The number of anilines is 1. The molecule has 0 radical (unpaired) electrons. The number of amides is 1. The standard InChI is InChI=1S/C13H15N3O3S/c1-9-12(8-16(2)15-9)14-13(17)10-4-6-11(7-5-10)20(3,18)19/h4-8H,1-3H3,(H,14,17). The average Bonchev–Trinajstić information content (AvgIpc) is 2.67. The highest BCUT2D eigenvalue weighted by Crippen LogP contribution is 2.15. The van der Waals surface area contributed by atoms with Crippen molar-refractivity contribution < 1.29 is 13.2 Å². The lowest BCUT2D eigenvalue weighted by Crippen LogP contribution is -2.12. The smallest absolute Gasteiger partial charge is 0.255 e. The van der Waals surface area contributed by atoms with Gasteiger partial charge in [0.2, 0.25) is 0 Å². The van der Waals surface area contributed by atoms with Gasteiger partial charge in [0, 0.05) is 25.1 Å². The Hall–Kier alpha value is -2.15. The zero-order chi connectivity index (χ0) is 14.9. The molecule has 1 aromatic carbocycles. The topological polar surface area (TPSA) is 81.1 Å². The van der Waals surface area contributed by atoms with E-state index < -0.39 is 9.84 Å². The summed E-state index contributed by atoms with van der Waals surface area (Å²) in [6.45, 7) is 1.79. The maximum atomic E-state index is 12.0. The Morgan fingerprint density at radius 2 is 1.85 bits per heavy atom. The molecule has 0 saturated heterocycles. The number of benzene rings is 1. The SMILES string of the molecule is Cc1nn(C)cc1NC(=O)c1ccc(S(C)(=O)=O)cc1. The first-order valence-corrected chi connectivity index (χ1v) is 7.78.